The smallest absolute Gasteiger partial charge is 0.422 e. The summed E-state index contributed by atoms with van der Waals surface area (Å²) >= 11 is 0. The average molecular weight is 287 g/mol. The fourth-order valence-corrected chi connectivity index (χ4v) is 1.34. The maximum atomic E-state index is 11.9. The average Bonchev–Trinajstić information content (AvgIpc) is 2.90. The Kier molecular flexibility index (Phi) is 3.82. The molecule has 0 spiro atoms. The number of hydrogen-bond acceptors (Lipinski definition) is 5. The molecule has 0 atom stereocenters. The Morgan fingerprint density at radius 1 is 1.35 bits per heavy atom. The first-order chi connectivity index (χ1) is 9.46. The minimum Gasteiger partial charge on any atom is -0.440 e. The van der Waals surface area contributed by atoms with E-state index >= 15 is 0 Å². The van der Waals surface area contributed by atoms with Crippen molar-refractivity contribution in [2.45, 2.75) is 6.18 Å². The molecule has 2 aromatic rings. The highest BCUT2D eigenvalue weighted by atomic mass is 19.4. The van der Waals surface area contributed by atoms with Crippen LogP contribution in [0.15, 0.2) is 30.6 Å². The topological polar surface area (TPSA) is 81.9 Å². The van der Waals surface area contributed by atoms with Crippen molar-refractivity contribution in [1.29, 1.82) is 0 Å². The standard InChI is InChI=1S/C10H8F3N5O2/c11-10(12,13)5-20-9(19)15-7-3-1-2-4-8(7)18-6-14-16-17-18/h1-4,6H,5H2,(H,15,19). The number of aromatic nitrogens is 4. The third-order valence-electron chi connectivity index (χ3n) is 2.10. The Morgan fingerprint density at radius 2 is 2.10 bits per heavy atom. The second-order valence-electron chi connectivity index (χ2n) is 3.59. The molecule has 7 nitrogen and oxygen atoms in total. The molecule has 1 N–H and O–H groups in total. The third-order valence-corrected chi connectivity index (χ3v) is 2.10. The van der Waals surface area contributed by atoms with Gasteiger partial charge in [-0.3, -0.25) is 5.32 Å². The van der Waals surface area contributed by atoms with E-state index in [0.29, 0.717) is 5.69 Å². The van der Waals surface area contributed by atoms with Gasteiger partial charge in [-0.2, -0.15) is 17.9 Å². The largest absolute Gasteiger partial charge is 0.440 e. The van der Waals surface area contributed by atoms with Gasteiger partial charge in [-0.05, 0) is 22.6 Å². The zero-order chi connectivity index (χ0) is 14.6. The summed E-state index contributed by atoms with van der Waals surface area (Å²) in [6, 6.07) is 6.30. The number of carbonyl (C=O) groups is 1. The van der Waals surface area contributed by atoms with Gasteiger partial charge in [-0.25, -0.2) is 4.79 Å². The summed E-state index contributed by atoms with van der Waals surface area (Å²) in [6.45, 7) is -1.66. The molecule has 0 bridgehead atoms. The first-order valence-electron chi connectivity index (χ1n) is 5.28. The van der Waals surface area contributed by atoms with Crippen molar-refractivity contribution >= 4 is 11.8 Å². The minimum absolute atomic E-state index is 0.215. The van der Waals surface area contributed by atoms with Gasteiger partial charge in [0, 0.05) is 0 Å². The zero-order valence-electron chi connectivity index (χ0n) is 9.83. The fraction of sp³-hybridized carbons (Fsp3) is 0.200. The molecule has 106 valence electrons. The molecule has 0 aliphatic carbocycles. The van der Waals surface area contributed by atoms with Gasteiger partial charge in [0.2, 0.25) is 0 Å². The minimum atomic E-state index is -4.58. The van der Waals surface area contributed by atoms with E-state index in [1.54, 1.807) is 18.2 Å². The van der Waals surface area contributed by atoms with E-state index in [9.17, 15) is 18.0 Å². The predicted octanol–water partition coefficient (Wildman–Crippen LogP) is 1.77. The summed E-state index contributed by atoms with van der Waals surface area (Å²) in [6.07, 6.45) is -4.52. The van der Waals surface area contributed by atoms with Crippen LogP contribution < -0.4 is 5.32 Å². The third kappa shape index (κ3) is 3.67. The van der Waals surface area contributed by atoms with Gasteiger partial charge >= 0.3 is 12.3 Å². The maximum absolute atomic E-state index is 11.9. The molecule has 0 aliphatic rings. The number of tetrazole rings is 1. The second kappa shape index (κ2) is 5.55. The number of nitrogens with zero attached hydrogens (tertiary/aromatic N) is 4. The number of ether oxygens (including phenoxy) is 1. The molecule has 2 rings (SSSR count). The summed E-state index contributed by atoms with van der Waals surface area (Å²) < 4.78 is 41.1. The Hall–Kier alpha value is -2.65. The molecule has 1 amide bonds. The van der Waals surface area contributed by atoms with Crippen LogP contribution >= 0.6 is 0 Å². The van der Waals surface area contributed by atoms with E-state index < -0.39 is 18.9 Å². The Bertz CT molecular complexity index is 585. The van der Waals surface area contributed by atoms with Crippen LogP contribution in [-0.4, -0.2) is 39.1 Å². The highest BCUT2D eigenvalue weighted by Crippen LogP contribution is 2.19. The van der Waals surface area contributed by atoms with Crippen molar-refractivity contribution in [2.24, 2.45) is 0 Å². The van der Waals surface area contributed by atoms with Gasteiger partial charge in [0.1, 0.15) is 6.33 Å². The number of rotatable bonds is 3. The molecule has 0 saturated heterocycles. The molecular formula is C10H8F3N5O2. The van der Waals surface area contributed by atoms with Crippen LogP contribution in [0.3, 0.4) is 0 Å². The van der Waals surface area contributed by atoms with Crippen LogP contribution in [-0.2, 0) is 4.74 Å². The molecule has 1 aromatic carbocycles. The lowest BCUT2D eigenvalue weighted by atomic mass is 10.2. The van der Waals surface area contributed by atoms with Gasteiger partial charge in [0.05, 0.1) is 11.4 Å². The lowest BCUT2D eigenvalue weighted by Crippen LogP contribution is -2.23. The van der Waals surface area contributed by atoms with Crippen molar-refractivity contribution in [2.75, 3.05) is 11.9 Å². The van der Waals surface area contributed by atoms with Crippen LogP contribution in [0.4, 0.5) is 23.7 Å². The highest BCUT2D eigenvalue weighted by molar-refractivity contribution is 5.87. The first-order valence-corrected chi connectivity index (χ1v) is 5.28. The van der Waals surface area contributed by atoms with Crippen molar-refractivity contribution in [3.05, 3.63) is 30.6 Å². The molecule has 0 radical (unpaired) electrons. The summed E-state index contributed by atoms with van der Waals surface area (Å²) in [5.74, 6) is 0. The molecule has 0 aliphatic heterocycles. The molecule has 1 aromatic heterocycles. The number of nitrogens with one attached hydrogen (secondary N) is 1. The maximum Gasteiger partial charge on any atom is 0.422 e. The van der Waals surface area contributed by atoms with E-state index in [0.717, 1.165) is 0 Å². The number of benzene rings is 1. The Labute approximate surface area is 110 Å². The lowest BCUT2D eigenvalue weighted by Gasteiger charge is -2.11. The normalized spacial score (nSPS) is 11.2. The van der Waals surface area contributed by atoms with Crippen LogP contribution in [0, 0.1) is 0 Å². The predicted molar refractivity (Wildman–Crippen MR) is 60.2 cm³/mol. The summed E-state index contributed by atoms with van der Waals surface area (Å²) in [7, 11) is 0. The van der Waals surface area contributed by atoms with Gasteiger partial charge in [-0.1, -0.05) is 12.1 Å². The molecule has 1 heterocycles. The summed E-state index contributed by atoms with van der Waals surface area (Å²) in [5, 5.41) is 12.7. The van der Waals surface area contributed by atoms with Crippen LogP contribution in [0.1, 0.15) is 0 Å². The number of alkyl halides is 3. The number of halogens is 3. The number of para-hydroxylation sites is 2. The van der Waals surface area contributed by atoms with Crippen molar-refractivity contribution in [3.63, 3.8) is 0 Å². The van der Waals surface area contributed by atoms with Crippen molar-refractivity contribution < 1.29 is 22.7 Å². The lowest BCUT2D eigenvalue weighted by molar-refractivity contribution is -0.159. The van der Waals surface area contributed by atoms with Gasteiger partial charge in [0.15, 0.2) is 6.61 Å². The van der Waals surface area contributed by atoms with E-state index in [-0.39, 0.29) is 5.69 Å². The number of hydrogen-bond donors (Lipinski definition) is 1. The molecule has 0 fully saturated rings. The number of anilines is 1. The molecular weight excluding hydrogens is 279 g/mol. The van der Waals surface area contributed by atoms with Crippen molar-refractivity contribution in [1.82, 2.24) is 20.2 Å². The molecule has 10 heteroatoms. The van der Waals surface area contributed by atoms with Crippen LogP contribution in [0.25, 0.3) is 5.69 Å². The summed E-state index contributed by atoms with van der Waals surface area (Å²) in [4.78, 5) is 11.3. The SMILES string of the molecule is O=C(Nc1ccccc1-n1cnnn1)OCC(F)(F)F. The Balaban J connectivity index is 2.08. The van der Waals surface area contributed by atoms with Crippen molar-refractivity contribution in [3.8, 4) is 5.69 Å². The monoisotopic (exact) mass is 287 g/mol. The summed E-state index contributed by atoms with van der Waals surface area (Å²) in [5.41, 5.74) is 0.605. The fourth-order valence-electron chi connectivity index (χ4n) is 1.34. The Morgan fingerprint density at radius 3 is 2.75 bits per heavy atom. The van der Waals surface area contributed by atoms with E-state index in [1.807, 2.05) is 0 Å². The van der Waals surface area contributed by atoms with Crippen LogP contribution in [0.5, 0.6) is 0 Å². The van der Waals surface area contributed by atoms with E-state index in [1.165, 1.54) is 17.1 Å². The first kappa shape index (κ1) is 13.8. The highest BCUT2D eigenvalue weighted by Gasteiger charge is 2.29. The molecule has 0 unspecified atom stereocenters. The molecule has 20 heavy (non-hydrogen) atoms. The second-order valence-corrected chi connectivity index (χ2v) is 3.59. The number of amides is 1. The van der Waals surface area contributed by atoms with Gasteiger partial charge < -0.3 is 4.74 Å². The van der Waals surface area contributed by atoms with Crippen LogP contribution in [0.2, 0.25) is 0 Å². The number of carbonyl (C=O) groups excluding carboxylic acids is 1. The quantitative estimate of drug-likeness (QED) is 0.930. The van der Waals surface area contributed by atoms with E-state index in [4.69, 9.17) is 0 Å². The van der Waals surface area contributed by atoms with Gasteiger partial charge in [0.25, 0.3) is 0 Å². The van der Waals surface area contributed by atoms with Gasteiger partial charge in [-0.15, -0.1) is 5.10 Å². The van der Waals surface area contributed by atoms with E-state index in [2.05, 4.69) is 25.6 Å². The zero-order valence-corrected chi connectivity index (χ0v) is 9.83. The molecule has 0 saturated carbocycles.